The molecule has 0 spiro atoms. The van der Waals surface area contributed by atoms with Gasteiger partial charge in [0.1, 0.15) is 12.2 Å². The van der Waals surface area contributed by atoms with E-state index in [0.717, 1.165) is 16.7 Å². The molecular weight excluding hydrogens is 312 g/mol. The molecule has 3 nitrogen and oxygen atoms in total. The van der Waals surface area contributed by atoms with Gasteiger partial charge in [0, 0.05) is 12.7 Å². The second kappa shape index (κ2) is 6.81. The average molecular weight is 332 g/mol. The summed E-state index contributed by atoms with van der Waals surface area (Å²) in [6.07, 6.45) is -0.521. The third-order valence-corrected chi connectivity index (χ3v) is 4.49. The molecule has 0 saturated carbocycles. The summed E-state index contributed by atoms with van der Waals surface area (Å²) in [6.45, 7) is 0. The van der Waals surface area contributed by atoms with Gasteiger partial charge in [-0.2, -0.15) is 0 Å². The minimum absolute atomic E-state index is 0.260. The molecule has 1 heterocycles. The van der Waals surface area contributed by atoms with Gasteiger partial charge in [0.25, 0.3) is 0 Å². The van der Waals surface area contributed by atoms with Gasteiger partial charge in [-0.15, -0.1) is 0 Å². The Balaban J connectivity index is 1.78. The van der Waals surface area contributed by atoms with Gasteiger partial charge < -0.3 is 14.2 Å². The lowest BCUT2D eigenvalue weighted by Crippen LogP contribution is -2.29. The van der Waals surface area contributed by atoms with Crippen molar-refractivity contribution in [3.63, 3.8) is 0 Å². The SMILES string of the molecule is COC1(c2ccccc2)O[C@@H](c2ccccc2)[C@H](c2ccccc2)O1. The lowest BCUT2D eigenvalue weighted by Gasteiger charge is -2.26. The van der Waals surface area contributed by atoms with Gasteiger partial charge >= 0.3 is 5.97 Å². The van der Waals surface area contributed by atoms with Crippen molar-refractivity contribution in [3.05, 3.63) is 108 Å². The standard InChI is InChI=1S/C22H20O3/c1-23-22(19-15-9-4-10-16-19)24-20(17-11-5-2-6-12-17)21(25-22)18-13-7-3-8-14-18/h2-16,20-21H,1H3/t20-,21-/m0/s1. The highest BCUT2D eigenvalue weighted by molar-refractivity contribution is 5.28. The third kappa shape index (κ3) is 2.98. The fourth-order valence-corrected chi connectivity index (χ4v) is 3.25. The first-order chi connectivity index (χ1) is 12.3. The Hall–Kier alpha value is -2.46. The van der Waals surface area contributed by atoms with E-state index < -0.39 is 5.97 Å². The molecule has 2 atom stereocenters. The van der Waals surface area contributed by atoms with Gasteiger partial charge in [-0.25, -0.2) is 0 Å². The van der Waals surface area contributed by atoms with Crippen LogP contribution in [0.4, 0.5) is 0 Å². The van der Waals surface area contributed by atoms with Crippen LogP contribution in [0.1, 0.15) is 28.9 Å². The number of hydrogen-bond acceptors (Lipinski definition) is 3. The molecule has 0 bridgehead atoms. The molecule has 0 unspecified atom stereocenters. The molecule has 0 aliphatic carbocycles. The minimum Gasteiger partial charge on any atom is -0.327 e. The molecule has 3 heteroatoms. The second-order valence-corrected chi connectivity index (χ2v) is 6.02. The highest BCUT2D eigenvalue weighted by atomic mass is 16.9. The first-order valence-corrected chi connectivity index (χ1v) is 8.38. The van der Waals surface area contributed by atoms with Gasteiger partial charge in [0.05, 0.1) is 0 Å². The Morgan fingerprint density at radius 1 is 0.640 bits per heavy atom. The Morgan fingerprint density at radius 2 is 1.04 bits per heavy atom. The van der Waals surface area contributed by atoms with Crippen molar-refractivity contribution in [3.8, 4) is 0 Å². The summed E-state index contributed by atoms with van der Waals surface area (Å²) in [5.41, 5.74) is 2.97. The van der Waals surface area contributed by atoms with Crippen LogP contribution in [0.5, 0.6) is 0 Å². The average Bonchev–Trinajstić information content (AvgIpc) is 3.11. The molecule has 1 saturated heterocycles. The van der Waals surface area contributed by atoms with Crippen LogP contribution in [-0.4, -0.2) is 7.11 Å². The summed E-state index contributed by atoms with van der Waals surface area (Å²) in [5, 5.41) is 0. The van der Waals surface area contributed by atoms with E-state index >= 15 is 0 Å². The van der Waals surface area contributed by atoms with E-state index in [-0.39, 0.29) is 12.2 Å². The largest absolute Gasteiger partial charge is 0.327 e. The number of benzene rings is 3. The maximum Gasteiger partial charge on any atom is 0.313 e. The predicted molar refractivity (Wildman–Crippen MR) is 95.7 cm³/mol. The number of hydrogen-bond donors (Lipinski definition) is 0. The summed E-state index contributed by atoms with van der Waals surface area (Å²) in [6, 6.07) is 30.0. The molecule has 0 N–H and O–H groups in total. The lowest BCUT2D eigenvalue weighted by molar-refractivity contribution is -0.344. The molecule has 3 aromatic carbocycles. The molecule has 126 valence electrons. The van der Waals surface area contributed by atoms with Gasteiger partial charge in [0.2, 0.25) is 0 Å². The molecule has 1 fully saturated rings. The minimum atomic E-state index is -1.22. The highest BCUT2D eigenvalue weighted by Gasteiger charge is 2.50. The topological polar surface area (TPSA) is 27.7 Å². The van der Waals surface area contributed by atoms with E-state index in [2.05, 4.69) is 24.3 Å². The maximum atomic E-state index is 6.39. The lowest BCUT2D eigenvalue weighted by atomic mass is 9.99. The van der Waals surface area contributed by atoms with Crippen molar-refractivity contribution in [2.75, 3.05) is 7.11 Å². The molecule has 0 radical (unpaired) electrons. The summed E-state index contributed by atoms with van der Waals surface area (Å²) in [7, 11) is 1.61. The van der Waals surface area contributed by atoms with E-state index in [0.29, 0.717) is 0 Å². The molecular formula is C22H20O3. The van der Waals surface area contributed by atoms with Crippen LogP contribution in [0.25, 0.3) is 0 Å². The van der Waals surface area contributed by atoms with Crippen LogP contribution in [0.2, 0.25) is 0 Å². The van der Waals surface area contributed by atoms with E-state index in [9.17, 15) is 0 Å². The second-order valence-electron chi connectivity index (χ2n) is 6.02. The molecule has 0 aromatic heterocycles. The van der Waals surface area contributed by atoms with E-state index in [1.807, 2.05) is 66.7 Å². The molecule has 1 aliphatic rings. The van der Waals surface area contributed by atoms with Gasteiger partial charge in [-0.3, -0.25) is 0 Å². The van der Waals surface area contributed by atoms with Crippen LogP contribution >= 0.6 is 0 Å². The molecule has 0 amide bonds. The molecule has 4 rings (SSSR count). The van der Waals surface area contributed by atoms with Crippen molar-refractivity contribution in [2.24, 2.45) is 0 Å². The monoisotopic (exact) mass is 332 g/mol. The summed E-state index contributed by atoms with van der Waals surface area (Å²) in [5.74, 6) is -1.22. The van der Waals surface area contributed by atoms with Crippen molar-refractivity contribution >= 4 is 0 Å². The summed E-state index contributed by atoms with van der Waals surface area (Å²) < 4.78 is 18.5. The first kappa shape index (κ1) is 16.0. The Bertz CT molecular complexity index is 755. The maximum absolute atomic E-state index is 6.39. The van der Waals surface area contributed by atoms with Gasteiger partial charge in [-0.05, 0) is 11.1 Å². The Kier molecular flexibility index (Phi) is 4.36. The zero-order valence-electron chi connectivity index (χ0n) is 14.0. The Labute approximate surface area is 147 Å². The molecule has 3 aromatic rings. The van der Waals surface area contributed by atoms with Crippen LogP contribution in [-0.2, 0) is 20.2 Å². The van der Waals surface area contributed by atoms with Crippen LogP contribution in [0, 0.1) is 0 Å². The zero-order valence-corrected chi connectivity index (χ0v) is 14.0. The fourth-order valence-electron chi connectivity index (χ4n) is 3.25. The molecule has 1 aliphatic heterocycles. The number of rotatable bonds is 4. The smallest absolute Gasteiger partial charge is 0.313 e. The summed E-state index contributed by atoms with van der Waals surface area (Å²) in [4.78, 5) is 0. The zero-order chi connectivity index (χ0) is 17.1. The number of methoxy groups -OCH3 is 1. The van der Waals surface area contributed by atoms with Gasteiger partial charge in [-0.1, -0.05) is 91.0 Å². The fraction of sp³-hybridized carbons (Fsp3) is 0.182. The van der Waals surface area contributed by atoms with Crippen LogP contribution < -0.4 is 0 Å². The van der Waals surface area contributed by atoms with Gasteiger partial charge in [0.15, 0.2) is 0 Å². The highest BCUT2D eigenvalue weighted by Crippen LogP contribution is 2.51. The Morgan fingerprint density at radius 3 is 1.44 bits per heavy atom. The van der Waals surface area contributed by atoms with Crippen LogP contribution in [0.15, 0.2) is 91.0 Å². The first-order valence-electron chi connectivity index (χ1n) is 8.38. The van der Waals surface area contributed by atoms with E-state index in [1.165, 1.54) is 0 Å². The van der Waals surface area contributed by atoms with Crippen molar-refractivity contribution in [1.29, 1.82) is 0 Å². The van der Waals surface area contributed by atoms with E-state index in [1.54, 1.807) is 7.11 Å². The molecule has 25 heavy (non-hydrogen) atoms. The quantitative estimate of drug-likeness (QED) is 0.675. The third-order valence-electron chi connectivity index (χ3n) is 4.49. The van der Waals surface area contributed by atoms with Crippen molar-refractivity contribution in [1.82, 2.24) is 0 Å². The van der Waals surface area contributed by atoms with Crippen LogP contribution in [0.3, 0.4) is 0 Å². The van der Waals surface area contributed by atoms with Crippen molar-refractivity contribution in [2.45, 2.75) is 18.2 Å². The normalized spacial score (nSPS) is 22.0. The van der Waals surface area contributed by atoms with Crippen molar-refractivity contribution < 1.29 is 14.2 Å². The number of ether oxygens (including phenoxy) is 3. The summed E-state index contributed by atoms with van der Waals surface area (Å²) >= 11 is 0. The van der Waals surface area contributed by atoms with E-state index in [4.69, 9.17) is 14.2 Å². The predicted octanol–water partition coefficient (Wildman–Crippen LogP) is 4.97.